The number of amides is 1. The number of thiazole rings is 1. The Morgan fingerprint density at radius 3 is 2.74 bits per heavy atom. The van der Waals surface area contributed by atoms with Gasteiger partial charge in [-0.3, -0.25) is 19.8 Å². The van der Waals surface area contributed by atoms with Crippen LogP contribution < -0.4 is 10.6 Å². The van der Waals surface area contributed by atoms with Crippen molar-refractivity contribution in [2.75, 3.05) is 25.0 Å². The highest BCUT2D eigenvalue weighted by molar-refractivity contribution is 7.09. The van der Waals surface area contributed by atoms with Crippen molar-refractivity contribution in [3.63, 3.8) is 0 Å². The zero-order valence-corrected chi connectivity index (χ0v) is 18.9. The second-order valence-electron chi connectivity index (χ2n) is 8.86. The van der Waals surface area contributed by atoms with Gasteiger partial charge in [-0.05, 0) is 37.8 Å². The molecule has 0 atom stereocenters. The third-order valence-electron chi connectivity index (χ3n) is 6.58. The molecule has 1 saturated carbocycles. The fourth-order valence-corrected chi connectivity index (χ4v) is 5.44. The molecular weight excluding hydrogens is 471 g/mol. The molecule has 182 valence electrons. The van der Waals surface area contributed by atoms with Gasteiger partial charge in [-0.15, -0.1) is 11.3 Å². The molecule has 0 radical (unpaired) electrons. The van der Waals surface area contributed by atoms with Gasteiger partial charge < -0.3 is 15.7 Å². The maximum Gasteiger partial charge on any atom is 0.433 e. The minimum absolute atomic E-state index is 0.0162. The Kier molecular flexibility index (Phi) is 5.94. The number of pyridine rings is 1. The number of alkyl halides is 3. The van der Waals surface area contributed by atoms with Crippen molar-refractivity contribution in [2.24, 2.45) is 0 Å². The Balaban J connectivity index is 1.08. The van der Waals surface area contributed by atoms with Gasteiger partial charge in [0.15, 0.2) is 5.82 Å². The van der Waals surface area contributed by atoms with Crippen LogP contribution >= 0.6 is 11.3 Å². The van der Waals surface area contributed by atoms with Crippen LogP contribution in [0.5, 0.6) is 0 Å². The number of fused-ring (bicyclic) bond motifs is 1. The summed E-state index contributed by atoms with van der Waals surface area (Å²) in [7, 11) is 0. The van der Waals surface area contributed by atoms with Gasteiger partial charge in [0.2, 0.25) is 5.91 Å². The van der Waals surface area contributed by atoms with E-state index in [9.17, 15) is 23.1 Å². The summed E-state index contributed by atoms with van der Waals surface area (Å²) in [5, 5.41) is 23.1. The lowest BCUT2D eigenvalue weighted by atomic mass is 9.80. The summed E-state index contributed by atoms with van der Waals surface area (Å²) in [4.78, 5) is 23.3. The molecule has 0 bridgehead atoms. The summed E-state index contributed by atoms with van der Waals surface area (Å²) in [6.07, 6.45) is 0.337. The van der Waals surface area contributed by atoms with Gasteiger partial charge in [-0.1, -0.05) is 0 Å². The van der Waals surface area contributed by atoms with Crippen molar-refractivity contribution in [3.05, 3.63) is 34.4 Å². The number of rotatable bonds is 6. The van der Waals surface area contributed by atoms with Gasteiger partial charge in [0.1, 0.15) is 16.8 Å². The maximum absolute atomic E-state index is 12.9. The standard InChI is InChI=1S/C21H24F3N7O2S/c22-21(23,24)15-2-1-14-18(28-15)19(30-29-14)26-8-17(32)27-12-9-31(10-12)13-3-5-20(33,6-4-13)16-7-25-11-34-16/h1-2,7,11-13,33H,3-6,8-10H2,(H,27,32)(H2,26,29,30). The molecule has 1 aliphatic heterocycles. The summed E-state index contributed by atoms with van der Waals surface area (Å²) >= 11 is 1.48. The fraction of sp³-hybridized carbons (Fsp3) is 0.524. The van der Waals surface area contributed by atoms with Crippen LogP contribution in [0.15, 0.2) is 23.8 Å². The Morgan fingerprint density at radius 2 is 2.06 bits per heavy atom. The Hall–Kier alpha value is -2.77. The second-order valence-corrected chi connectivity index (χ2v) is 9.75. The van der Waals surface area contributed by atoms with Gasteiger partial charge >= 0.3 is 6.18 Å². The lowest BCUT2D eigenvalue weighted by Gasteiger charge is -2.48. The SMILES string of the molecule is O=C(CNc1n[nH]c2ccc(C(F)(F)F)nc12)NC1CN(C2CCC(O)(c3cncs3)CC2)C1. The smallest absolute Gasteiger partial charge is 0.384 e. The van der Waals surface area contributed by atoms with E-state index in [2.05, 4.69) is 35.7 Å². The molecule has 3 aromatic rings. The molecule has 1 aliphatic carbocycles. The van der Waals surface area contributed by atoms with Gasteiger partial charge in [0.05, 0.1) is 28.5 Å². The van der Waals surface area contributed by atoms with E-state index in [0.717, 1.165) is 36.9 Å². The zero-order chi connectivity index (χ0) is 23.9. The number of halogens is 3. The molecule has 1 saturated heterocycles. The Bertz CT molecular complexity index is 1150. The summed E-state index contributed by atoms with van der Waals surface area (Å²) in [6.45, 7) is 1.34. The first kappa shape index (κ1) is 23.0. The lowest BCUT2D eigenvalue weighted by molar-refractivity contribution is -0.141. The number of hydrogen-bond donors (Lipinski definition) is 4. The lowest BCUT2D eigenvalue weighted by Crippen LogP contribution is -2.63. The number of carbonyl (C=O) groups excluding carboxylic acids is 1. The van der Waals surface area contributed by atoms with Gasteiger partial charge in [-0.2, -0.15) is 18.3 Å². The molecule has 4 N–H and O–H groups in total. The molecule has 34 heavy (non-hydrogen) atoms. The van der Waals surface area contributed by atoms with Crippen molar-refractivity contribution in [1.29, 1.82) is 0 Å². The predicted octanol–water partition coefficient (Wildman–Crippen LogP) is 2.48. The third-order valence-corrected chi connectivity index (χ3v) is 7.55. The monoisotopic (exact) mass is 495 g/mol. The zero-order valence-electron chi connectivity index (χ0n) is 18.1. The van der Waals surface area contributed by atoms with Crippen LogP contribution in [-0.4, -0.2) is 67.8 Å². The molecular formula is C21H24F3N7O2S. The van der Waals surface area contributed by atoms with Gasteiger partial charge in [0, 0.05) is 25.3 Å². The molecule has 9 nitrogen and oxygen atoms in total. The largest absolute Gasteiger partial charge is 0.433 e. The van der Waals surface area contributed by atoms with Crippen LogP contribution in [0.1, 0.15) is 36.3 Å². The number of H-pyrrole nitrogens is 1. The molecule has 5 rings (SSSR count). The molecule has 1 amide bonds. The van der Waals surface area contributed by atoms with Gasteiger partial charge in [0.25, 0.3) is 0 Å². The molecule has 3 aromatic heterocycles. The highest BCUT2D eigenvalue weighted by Gasteiger charge is 2.41. The number of hydrogen-bond acceptors (Lipinski definition) is 8. The van der Waals surface area contributed by atoms with Crippen molar-refractivity contribution in [1.82, 2.24) is 30.4 Å². The number of carbonyl (C=O) groups is 1. The number of nitrogens with one attached hydrogen (secondary N) is 3. The Morgan fingerprint density at radius 1 is 1.29 bits per heavy atom. The summed E-state index contributed by atoms with van der Waals surface area (Å²) in [5.41, 5.74) is 0.320. The highest BCUT2D eigenvalue weighted by Crippen LogP contribution is 2.40. The first-order valence-corrected chi connectivity index (χ1v) is 11.9. The third kappa shape index (κ3) is 4.59. The van der Waals surface area contributed by atoms with E-state index in [4.69, 9.17) is 0 Å². The molecule has 13 heteroatoms. The average Bonchev–Trinajstić information content (AvgIpc) is 3.45. The fourth-order valence-electron chi connectivity index (χ4n) is 4.66. The first-order valence-electron chi connectivity index (χ1n) is 11.0. The molecule has 2 aliphatic rings. The van der Waals surface area contributed by atoms with Crippen molar-refractivity contribution in [2.45, 2.75) is 49.5 Å². The van der Waals surface area contributed by atoms with Crippen LogP contribution in [0.3, 0.4) is 0 Å². The van der Waals surface area contributed by atoms with Crippen LogP contribution in [0.4, 0.5) is 19.0 Å². The summed E-state index contributed by atoms with van der Waals surface area (Å²) in [5.74, 6) is -0.168. The quantitative estimate of drug-likeness (QED) is 0.415. The molecule has 4 heterocycles. The number of nitrogens with zero attached hydrogens (tertiary/aromatic N) is 4. The van der Waals surface area contributed by atoms with E-state index in [-0.39, 0.29) is 29.8 Å². The minimum Gasteiger partial charge on any atom is -0.384 e. The summed E-state index contributed by atoms with van der Waals surface area (Å²) < 4.78 is 38.8. The van der Waals surface area contributed by atoms with Crippen LogP contribution in [-0.2, 0) is 16.6 Å². The van der Waals surface area contributed by atoms with E-state index in [1.165, 1.54) is 17.4 Å². The molecule has 0 spiro atoms. The van der Waals surface area contributed by atoms with Crippen molar-refractivity contribution in [3.8, 4) is 0 Å². The normalized spacial score (nSPS) is 24.2. The topological polar surface area (TPSA) is 119 Å². The van der Waals surface area contributed by atoms with E-state index in [0.29, 0.717) is 24.4 Å². The second kappa shape index (κ2) is 8.78. The number of likely N-dealkylation sites (tertiary alicyclic amines) is 1. The summed E-state index contributed by atoms with van der Waals surface area (Å²) in [6, 6.07) is 2.53. The van der Waals surface area contributed by atoms with Gasteiger partial charge in [-0.25, -0.2) is 4.98 Å². The van der Waals surface area contributed by atoms with E-state index < -0.39 is 17.5 Å². The molecule has 0 unspecified atom stereocenters. The molecule has 2 fully saturated rings. The van der Waals surface area contributed by atoms with Crippen LogP contribution in [0, 0.1) is 0 Å². The van der Waals surface area contributed by atoms with Crippen LogP contribution in [0.2, 0.25) is 0 Å². The number of aliphatic hydroxyl groups is 1. The highest BCUT2D eigenvalue weighted by atomic mass is 32.1. The number of aromatic amines is 1. The maximum atomic E-state index is 12.9. The van der Waals surface area contributed by atoms with E-state index >= 15 is 0 Å². The van der Waals surface area contributed by atoms with Crippen molar-refractivity contribution >= 4 is 34.1 Å². The number of anilines is 1. The minimum atomic E-state index is -4.56. The molecule has 0 aromatic carbocycles. The van der Waals surface area contributed by atoms with E-state index in [1.807, 2.05) is 0 Å². The van der Waals surface area contributed by atoms with Crippen molar-refractivity contribution < 1.29 is 23.1 Å². The number of aromatic nitrogens is 4. The average molecular weight is 496 g/mol. The van der Waals surface area contributed by atoms with Crippen LogP contribution in [0.25, 0.3) is 11.0 Å². The van der Waals surface area contributed by atoms with E-state index in [1.54, 1.807) is 11.7 Å². The predicted molar refractivity (Wildman–Crippen MR) is 119 cm³/mol. The first-order chi connectivity index (χ1) is 16.2. The Labute approximate surface area is 196 Å².